The molecule has 188 valence electrons. The Bertz CT molecular complexity index is 1460. The van der Waals surface area contributed by atoms with Crippen molar-refractivity contribution in [3.63, 3.8) is 0 Å². The summed E-state index contributed by atoms with van der Waals surface area (Å²) >= 11 is 0. The number of hydrogen-bond acceptors (Lipinski definition) is 0. The first-order valence-corrected chi connectivity index (χ1v) is 14.8. The van der Waals surface area contributed by atoms with Gasteiger partial charge in [0.25, 0.3) is 0 Å². The van der Waals surface area contributed by atoms with Crippen molar-refractivity contribution in [3.8, 4) is 22.4 Å². The van der Waals surface area contributed by atoms with Crippen LogP contribution < -0.4 is 4.57 Å². The second-order valence-corrected chi connectivity index (χ2v) is 12.4. The van der Waals surface area contributed by atoms with Crippen LogP contribution >= 0.6 is 0 Å². The summed E-state index contributed by atoms with van der Waals surface area (Å²) in [4.78, 5) is 0. The van der Waals surface area contributed by atoms with Crippen molar-refractivity contribution in [1.82, 2.24) is 0 Å². The number of nitrogens with zero attached hydrogens (tertiary/aromatic N) is 1. The standard InChI is InChI=1S/C36H40N/c1-24-8-6-7-11-32(24)36-22-34(35(23-37(36)2)26-9-4-3-5-10-26)31-17-15-27-20-30(16-14-28(27)21-31)33-19-25-12-13-29(33)18-25/h6-8,11,14-17,20-23,25-26,29,33H,3-5,9-10,12-13,18-19H2,1-2H3/q+1. The molecule has 0 saturated heterocycles. The fourth-order valence-corrected chi connectivity index (χ4v) is 8.10. The van der Waals surface area contributed by atoms with Crippen molar-refractivity contribution in [2.75, 3.05) is 0 Å². The Kier molecular flexibility index (Phi) is 5.91. The molecule has 0 amide bonds. The Morgan fingerprint density at radius 2 is 1.54 bits per heavy atom. The molecule has 3 fully saturated rings. The summed E-state index contributed by atoms with van der Waals surface area (Å²) in [5.41, 5.74) is 9.90. The second-order valence-electron chi connectivity index (χ2n) is 12.4. The van der Waals surface area contributed by atoms with Gasteiger partial charge in [0, 0.05) is 17.2 Å². The molecule has 0 aliphatic heterocycles. The number of aromatic nitrogens is 1. The molecule has 3 saturated carbocycles. The lowest BCUT2D eigenvalue weighted by atomic mass is 9.80. The molecule has 37 heavy (non-hydrogen) atoms. The summed E-state index contributed by atoms with van der Waals surface area (Å²) in [7, 11) is 2.23. The molecule has 3 atom stereocenters. The average molecular weight is 487 g/mol. The van der Waals surface area contributed by atoms with Crippen LogP contribution in [0.2, 0.25) is 0 Å². The highest BCUT2D eigenvalue weighted by Crippen LogP contribution is 2.53. The van der Waals surface area contributed by atoms with Crippen LogP contribution in [0.3, 0.4) is 0 Å². The van der Waals surface area contributed by atoms with E-state index in [1.54, 1.807) is 5.56 Å². The SMILES string of the molecule is Cc1ccccc1-c1cc(-c2ccc3cc(C4CC5CCC4C5)ccc3c2)c(C2CCCCC2)c[n+]1C. The Morgan fingerprint density at radius 1 is 0.730 bits per heavy atom. The molecule has 3 aromatic carbocycles. The van der Waals surface area contributed by atoms with Crippen LogP contribution in [0, 0.1) is 18.8 Å². The maximum Gasteiger partial charge on any atom is 0.213 e. The van der Waals surface area contributed by atoms with Crippen molar-refractivity contribution in [2.24, 2.45) is 18.9 Å². The smallest absolute Gasteiger partial charge is 0.201 e. The molecule has 1 aromatic heterocycles. The van der Waals surface area contributed by atoms with Gasteiger partial charge in [-0.25, -0.2) is 4.57 Å². The summed E-state index contributed by atoms with van der Waals surface area (Å²) in [5, 5.41) is 2.79. The van der Waals surface area contributed by atoms with Gasteiger partial charge in [-0.05, 0) is 108 Å². The van der Waals surface area contributed by atoms with E-state index < -0.39 is 0 Å². The maximum absolute atomic E-state index is 2.51. The molecule has 1 heterocycles. The number of aryl methyl sites for hydroxylation is 2. The Labute approximate surface area is 222 Å². The number of fused-ring (bicyclic) bond motifs is 3. The lowest BCUT2D eigenvalue weighted by molar-refractivity contribution is -0.660. The molecule has 4 aromatic rings. The van der Waals surface area contributed by atoms with Crippen molar-refractivity contribution in [1.29, 1.82) is 0 Å². The molecule has 3 aliphatic carbocycles. The first kappa shape index (κ1) is 23.2. The van der Waals surface area contributed by atoms with E-state index in [1.807, 2.05) is 0 Å². The fraction of sp³-hybridized carbons (Fsp3) is 0.417. The van der Waals surface area contributed by atoms with Crippen LogP contribution in [-0.4, -0.2) is 0 Å². The number of benzene rings is 3. The monoisotopic (exact) mass is 486 g/mol. The van der Waals surface area contributed by atoms with Gasteiger partial charge in [0.1, 0.15) is 7.05 Å². The normalized spacial score (nSPS) is 23.7. The number of pyridine rings is 1. The van der Waals surface area contributed by atoms with Gasteiger partial charge in [0.2, 0.25) is 5.69 Å². The predicted molar refractivity (Wildman–Crippen MR) is 155 cm³/mol. The highest BCUT2D eigenvalue weighted by atomic mass is 14.9. The van der Waals surface area contributed by atoms with Crippen molar-refractivity contribution >= 4 is 10.8 Å². The zero-order valence-electron chi connectivity index (χ0n) is 22.5. The minimum atomic E-state index is 0.664. The van der Waals surface area contributed by atoms with Crippen LogP contribution in [-0.2, 0) is 7.05 Å². The summed E-state index contributed by atoms with van der Waals surface area (Å²) in [5.74, 6) is 3.39. The molecule has 0 radical (unpaired) electrons. The van der Waals surface area contributed by atoms with Crippen molar-refractivity contribution in [3.05, 3.63) is 89.6 Å². The molecular formula is C36H40N+. The minimum Gasteiger partial charge on any atom is -0.201 e. The van der Waals surface area contributed by atoms with Gasteiger partial charge in [-0.15, -0.1) is 0 Å². The summed E-state index contributed by atoms with van der Waals surface area (Å²) in [6, 6.07) is 25.9. The molecule has 1 nitrogen and oxygen atoms in total. The Morgan fingerprint density at radius 3 is 2.32 bits per heavy atom. The first-order chi connectivity index (χ1) is 18.1. The highest BCUT2D eigenvalue weighted by Gasteiger charge is 2.40. The highest BCUT2D eigenvalue weighted by molar-refractivity contribution is 5.89. The maximum atomic E-state index is 2.51. The van der Waals surface area contributed by atoms with Gasteiger partial charge in [0.15, 0.2) is 6.20 Å². The molecule has 1 heteroatoms. The van der Waals surface area contributed by atoms with E-state index in [0.29, 0.717) is 5.92 Å². The van der Waals surface area contributed by atoms with Crippen LogP contribution in [0.4, 0.5) is 0 Å². The van der Waals surface area contributed by atoms with E-state index in [9.17, 15) is 0 Å². The van der Waals surface area contributed by atoms with Crippen molar-refractivity contribution < 1.29 is 4.57 Å². The third-order valence-electron chi connectivity index (χ3n) is 10.1. The van der Waals surface area contributed by atoms with Gasteiger partial charge in [0.05, 0.1) is 0 Å². The van der Waals surface area contributed by atoms with Crippen molar-refractivity contribution in [2.45, 2.75) is 76.5 Å². The van der Waals surface area contributed by atoms with Crippen LogP contribution in [0.25, 0.3) is 33.2 Å². The van der Waals surface area contributed by atoms with Gasteiger partial charge in [-0.2, -0.15) is 0 Å². The van der Waals surface area contributed by atoms with Gasteiger partial charge in [-0.1, -0.05) is 74.2 Å². The van der Waals surface area contributed by atoms with Crippen LogP contribution in [0.5, 0.6) is 0 Å². The largest absolute Gasteiger partial charge is 0.213 e. The van der Waals surface area contributed by atoms with E-state index in [-0.39, 0.29) is 0 Å². The molecular weight excluding hydrogens is 446 g/mol. The molecule has 0 N–H and O–H groups in total. The average Bonchev–Trinajstić information content (AvgIpc) is 3.58. The zero-order valence-corrected chi connectivity index (χ0v) is 22.5. The zero-order chi connectivity index (χ0) is 24.9. The molecule has 3 unspecified atom stereocenters. The van der Waals surface area contributed by atoms with Gasteiger partial charge < -0.3 is 0 Å². The van der Waals surface area contributed by atoms with E-state index in [1.165, 1.54) is 102 Å². The number of rotatable bonds is 4. The van der Waals surface area contributed by atoms with Gasteiger partial charge in [-0.3, -0.25) is 0 Å². The third kappa shape index (κ3) is 4.21. The Balaban J connectivity index is 1.32. The van der Waals surface area contributed by atoms with Gasteiger partial charge >= 0.3 is 0 Å². The summed E-state index contributed by atoms with van der Waals surface area (Å²) < 4.78 is 2.37. The predicted octanol–water partition coefficient (Wildman–Crippen LogP) is 9.26. The Hall–Kier alpha value is -2.93. The van der Waals surface area contributed by atoms with E-state index >= 15 is 0 Å². The molecule has 7 rings (SSSR count). The molecule has 2 bridgehead atoms. The lowest BCUT2D eigenvalue weighted by Gasteiger charge is -2.24. The second kappa shape index (κ2) is 9.43. The van der Waals surface area contributed by atoms with Crippen LogP contribution in [0.15, 0.2) is 72.9 Å². The van der Waals surface area contributed by atoms with E-state index in [2.05, 4.69) is 91.5 Å². The van der Waals surface area contributed by atoms with Crippen LogP contribution in [0.1, 0.15) is 86.3 Å². The fourth-order valence-electron chi connectivity index (χ4n) is 8.10. The summed E-state index contributed by atoms with van der Waals surface area (Å²) in [6.07, 6.45) is 15.0. The topological polar surface area (TPSA) is 3.88 Å². The quantitative estimate of drug-likeness (QED) is 0.253. The molecule has 3 aliphatic rings. The minimum absolute atomic E-state index is 0.664. The number of hydrogen-bond donors (Lipinski definition) is 0. The van der Waals surface area contributed by atoms with E-state index in [4.69, 9.17) is 0 Å². The molecule has 0 spiro atoms. The van der Waals surface area contributed by atoms with E-state index in [0.717, 1.165) is 17.8 Å². The lowest BCUT2D eigenvalue weighted by Crippen LogP contribution is -2.32. The third-order valence-corrected chi connectivity index (χ3v) is 10.1. The summed E-state index contributed by atoms with van der Waals surface area (Å²) in [6.45, 7) is 2.23. The first-order valence-electron chi connectivity index (χ1n) is 14.8.